The fourth-order valence-electron chi connectivity index (χ4n) is 18.4. The van der Waals surface area contributed by atoms with Crippen LogP contribution < -0.4 is 10.2 Å². The highest BCUT2D eigenvalue weighted by molar-refractivity contribution is 6.36. The zero-order chi connectivity index (χ0) is 106. The van der Waals surface area contributed by atoms with Gasteiger partial charge in [0.1, 0.15) is 0 Å². The number of nitrogens with zero attached hydrogens (tertiary/aromatic N) is 3. The Morgan fingerprint density at radius 1 is 0.307 bits per heavy atom. The van der Waals surface area contributed by atoms with E-state index in [-0.39, 0.29) is 87.5 Å². The molecule has 0 saturated heterocycles. The molecule has 4 aliphatic heterocycles. The molecule has 4 aromatic heterocycles. The van der Waals surface area contributed by atoms with Crippen molar-refractivity contribution in [1.29, 1.82) is 0 Å². The number of carbonyl (C=O) groups excluding carboxylic acids is 1. The fraction of sp³-hybridized carbons (Fsp3) is 0.558. The molecule has 0 aliphatic carbocycles. The van der Waals surface area contributed by atoms with Crippen LogP contribution in [0.25, 0.3) is 43.6 Å². The highest BCUT2D eigenvalue weighted by Crippen LogP contribution is 2.45. The largest absolute Gasteiger partial charge is 0.381 e. The minimum Gasteiger partial charge on any atom is -0.381 e. The predicted molar refractivity (Wildman–Crippen MR) is 618 cm³/mol. The predicted octanol–water partition coefficient (Wildman–Crippen LogP) is 37.0. The maximum absolute atomic E-state index is 12.4. The van der Waals surface area contributed by atoms with Crippen molar-refractivity contribution < 1.29 is 4.79 Å². The van der Waals surface area contributed by atoms with Crippen molar-refractivity contribution >= 4 is 84.1 Å². The van der Waals surface area contributed by atoms with Crippen molar-refractivity contribution in [1.82, 2.24) is 29.7 Å². The second-order valence-corrected chi connectivity index (χ2v) is 58.3. The summed E-state index contributed by atoms with van der Waals surface area (Å²) in [4.78, 5) is 33.6. The Hall–Kier alpha value is -8.47. The van der Waals surface area contributed by atoms with Gasteiger partial charge in [-0.3, -0.25) is 9.69 Å². The summed E-state index contributed by atoms with van der Waals surface area (Å²) in [7, 11) is 0. The molecule has 5 N–H and O–H groups in total. The number of aryl methyl sites for hydroxylation is 1. The Labute approximate surface area is 862 Å². The highest BCUT2D eigenvalue weighted by atomic mass is 35.5. The number of hydrogen-bond acceptors (Lipinski definition) is 4. The zero-order valence-electron chi connectivity index (χ0n) is 97.3. The minimum absolute atomic E-state index is 0.0397. The van der Waals surface area contributed by atoms with Crippen LogP contribution in [-0.4, -0.2) is 64.8 Å². The first-order valence-corrected chi connectivity index (χ1v) is 52.9. The van der Waals surface area contributed by atoms with Crippen molar-refractivity contribution in [3.63, 3.8) is 0 Å². The van der Waals surface area contributed by atoms with Gasteiger partial charge in [0.25, 0.3) is 5.91 Å². The maximum Gasteiger partial charge on any atom is 0.254 e. The summed E-state index contributed by atoms with van der Waals surface area (Å²) < 4.78 is 0. The quantitative estimate of drug-likeness (QED) is 0.104. The van der Waals surface area contributed by atoms with E-state index in [1.807, 2.05) is 4.90 Å². The Morgan fingerprint density at radius 3 is 1.14 bits per heavy atom. The van der Waals surface area contributed by atoms with Crippen molar-refractivity contribution in [2.24, 2.45) is 5.41 Å². The molecule has 16 rings (SSSR count). The Balaban J connectivity index is 0.000000179. The number of rotatable bonds is 0. The van der Waals surface area contributed by atoms with Crippen molar-refractivity contribution in [2.75, 3.05) is 16.8 Å². The molecule has 0 bridgehead atoms. The average molecular weight is 1940 g/mol. The number of hydrogen-bond donors (Lipinski definition) is 5. The van der Waals surface area contributed by atoms with E-state index in [2.05, 4.69) is 526 Å². The monoisotopic (exact) mass is 1940 g/mol. The van der Waals surface area contributed by atoms with E-state index in [0.29, 0.717) is 11.5 Å². The van der Waals surface area contributed by atoms with Gasteiger partial charge in [0.15, 0.2) is 0 Å². The van der Waals surface area contributed by atoms with Crippen LogP contribution in [0.4, 0.5) is 11.4 Å². The number of fused-ring (bicyclic) bond motifs is 8. The molecule has 9 nitrogen and oxygen atoms in total. The summed E-state index contributed by atoms with van der Waals surface area (Å²) in [6, 6.07) is 56.7. The van der Waals surface area contributed by atoms with Crippen LogP contribution in [0.3, 0.4) is 0 Å². The van der Waals surface area contributed by atoms with Crippen LogP contribution in [0, 0.1) is 12.3 Å². The van der Waals surface area contributed by atoms with Gasteiger partial charge in [0.2, 0.25) is 0 Å². The zero-order valence-corrected chi connectivity index (χ0v) is 98.8. The molecule has 1 atom stereocenters. The minimum atomic E-state index is -0.113. The normalized spacial score (nSPS) is 15.3. The number of aromatic amines is 4. The fourth-order valence-corrected chi connectivity index (χ4v) is 19.3. The van der Waals surface area contributed by atoms with E-state index in [0.717, 1.165) is 70.4 Å². The van der Waals surface area contributed by atoms with E-state index in [1.165, 1.54) is 140 Å². The van der Waals surface area contributed by atoms with Crippen LogP contribution in [0.1, 0.15) is 443 Å². The first-order valence-electron chi connectivity index (χ1n) is 52.2. The van der Waals surface area contributed by atoms with Gasteiger partial charge in [0, 0.05) is 153 Å². The Morgan fingerprint density at radius 2 is 0.693 bits per heavy atom. The van der Waals surface area contributed by atoms with E-state index < -0.39 is 0 Å². The lowest BCUT2D eigenvalue weighted by molar-refractivity contribution is 0.0609. The molecule has 1 amide bonds. The van der Waals surface area contributed by atoms with Gasteiger partial charge in [-0.2, -0.15) is 0 Å². The first kappa shape index (κ1) is 115. The van der Waals surface area contributed by atoms with Crippen molar-refractivity contribution in [2.45, 2.75) is 459 Å². The smallest absolute Gasteiger partial charge is 0.254 e. The number of aromatic nitrogens is 4. The van der Waals surface area contributed by atoms with E-state index >= 15 is 0 Å². The molecule has 0 fully saturated rings. The van der Waals surface area contributed by atoms with E-state index in [9.17, 15) is 4.79 Å². The topological polar surface area (TPSA) is 102 Å². The van der Waals surface area contributed by atoms with Gasteiger partial charge >= 0.3 is 0 Å². The van der Waals surface area contributed by atoms with Gasteiger partial charge in [-0.15, -0.1) is 0 Å². The molecule has 8 aromatic carbocycles. The molecular formula is C129H190Cl2N8O. The second kappa shape index (κ2) is 40.9. The number of benzene rings is 8. The average Bonchev–Trinajstić information content (AvgIpc) is 1.33. The van der Waals surface area contributed by atoms with Crippen LogP contribution in [0.5, 0.6) is 0 Å². The van der Waals surface area contributed by atoms with E-state index in [4.69, 9.17) is 23.2 Å². The van der Waals surface area contributed by atoms with Gasteiger partial charge < -0.3 is 35.1 Å². The Kier molecular flexibility index (Phi) is 33.6. The summed E-state index contributed by atoms with van der Waals surface area (Å²) >= 11 is 12.9. The molecule has 4 aliphatic rings. The standard InChI is InChI=1S/C17H25N.2C16H22ClN.C16H23NO.2C16H25N.C16H23N.C16H25N/c1-11-13-9-8-12(16(2,3)4)10-14(13)18-15(11)17(5,6)7;1-15(2,3)11-9-13-10(7-12(11)17)8-14(18-13)16(4,5)6;1-15(2,3)10-7-8-11-12(9-10)18-14(13(11)17)16(4,5)6;1-15(2,3)12-8-7-11-10-17(16(4,5)6)14(18)13(11)9-12;1-15(2,3)14-8-7-12-10-17(16(4,5)6)11-13(12)9-14;2*1-15(2,3)12-8-7-11-9-14(16(4,5)6)17-13(11)10-12;1-15(2,3)13-8-7-12-9-10-17(14(12)11-13)16(4,5)6/h8-10,18H,1-7H3;2*7-9,18H,1-6H3;7-9H,10H2,1-6H3;7-9H,10-11H2,1-6H3;7-8,10,14,17H,9H2,1-6H3;7-10,17H,1-6H3;7-8,11H,9-10H2,1-6H3. The van der Waals surface area contributed by atoms with Gasteiger partial charge in [-0.05, 0) is 275 Å². The molecular weight excluding hydrogens is 1750 g/mol. The lowest BCUT2D eigenvalue weighted by Crippen LogP contribution is -2.41. The summed E-state index contributed by atoms with van der Waals surface area (Å²) in [5, 5.41) is 10.4. The number of carbonyl (C=O) groups is 1. The van der Waals surface area contributed by atoms with Gasteiger partial charge in [-0.25, -0.2) is 0 Å². The van der Waals surface area contributed by atoms with Crippen LogP contribution in [0.15, 0.2) is 152 Å². The summed E-state index contributed by atoms with van der Waals surface area (Å²) in [5.74, 6) is 0.170. The second-order valence-electron chi connectivity index (χ2n) is 57.5. The third-order valence-corrected chi connectivity index (χ3v) is 29.1. The molecule has 140 heavy (non-hydrogen) atoms. The molecule has 0 saturated carbocycles. The molecule has 0 radical (unpaired) electrons. The number of halogens is 2. The molecule has 8 heterocycles. The third kappa shape index (κ3) is 29.0. The SMILES string of the molecule is CC(C)(C)c1cc2cc(Cl)c(C(C)(C)C)cc2[nH]1.CC(C)(C)c1ccc2c(Cl)c(C(C)(C)C)[nH]c2c1.CC(C)(C)c1ccc2c(c1)C(=O)N(C(C)(C)C)C2.CC(C)(C)c1ccc2c(c1)CN(C(C)(C)C)C2.CC(C)(C)c1ccc2c(c1)N(C(C)(C)C)CC2.CC(C)(C)c1ccc2c(c1)NC(C(C)(C)C)C2.CC(C)(C)c1ccc2cc(C(C)(C)C)[nH]c2c1.Cc1c(C(C)(C)C)[nH]c2cc(C(C)(C)C)ccc12. The van der Waals surface area contributed by atoms with E-state index in [1.54, 1.807) is 0 Å². The molecule has 11 heteroatoms. The highest BCUT2D eigenvalue weighted by Gasteiger charge is 2.38. The summed E-state index contributed by atoms with van der Waals surface area (Å²) in [5.41, 5.74) is 35.6. The lowest BCUT2D eigenvalue weighted by atomic mass is 9.84. The lowest BCUT2D eigenvalue weighted by Gasteiger charge is -2.35. The molecule has 766 valence electrons. The van der Waals surface area contributed by atoms with Crippen LogP contribution in [-0.2, 0) is 97.5 Å². The van der Waals surface area contributed by atoms with Crippen LogP contribution >= 0.6 is 23.2 Å². The number of amides is 1. The van der Waals surface area contributed by atoms with Crippen molar-refractivity contribution in [3.05, 3.63) is 268 Å². The number of anilines is 2. The number of H-pyrrole nitrogens is 4. The number of nitrogens with one attached hydrogen (secondary N) is 5. The maximum atomic E-state index is 12.4. The molecule has 1 unspecified atom stereocenters. The first-order chi connectivity index (χ1) is 63.1. The Bertz CT molecular complexity index is 6080. The van der Waals surface area contributed by atoms with Gasteiger partial charge in [-0.1, -0.05) is 384 Å². The third-order valence-electron chi connectivity index (χ3n) is 28.4. The molecule has 0 spiro atoms. The summed E-state index contributed by atoms with van der Waals surface area (Å²) in [6.45, 7) is 114. The summed E-state index contributed by atoms with van der Waals surface area (Å²) in [6.07, 6.45) is 2.35. The van der Waals surface area contributed by atoms with Crippen molar-refractivity contribution in [3.8, 4) is 0 Å². The van der Waals surface area contributed by atoms with Crippen LogP contribution in [0.2, 0.25) is 10.0 Å². The molecule has 12 aromatic rings. The van der Waals surface area contributed by atoms with Gasteiger partial charge in [0.05, 0.1) is 5.02 Å².